The number of nitrogens with one attached hydrogen (secondary N) is 2. The van der Waals surface area contributed by atoms with Gasteiger partial charge in [0, 0.05) is 73.8 Å². The number of aliphatic carboxylic acids is 2. The summed E-state index contributed by atoms with van der Waals surface area (Å²) in [5, 5.41) is 30.4. The van der Waals surface area contributed by atoms with Crippen molar-refractivity contribution in [1.82, 2.24) is 24.8 Å². The summed E-state index contributed by atoms with van der Waals surface area (Å²) in [6, 6.07) is 19.3. The number of hydrogen-bond acceptors (Lipinski definition) is 10. The minimum Gasteiger partial charge on any atom is -0.481 e. The summed E-state index contributed by atoms with van der Waals surface area (Å²) < 4.78 is 0. The Morgan fingerprint density at radius 2 is 1.70 bits per heavy atom. The second-order valence-electron chi connectivity index (χ2n) is 10.8. The molecule has 0 bridgehead atoms. The quantitative estimate of drug-likeness (QED) is 0.173. The van der Waals surface area contributed by atoms with Crippen LogP contribution in [0.2, 0.25) is 0 Å². The Bertz CT molecular complexity index is 1630. The number of carbonyl (C=O) groups is 3. The molecule has 0 spiro atoms. The molecule has 13 nitrogen and oxygen atoms in total. The van der Waals surface area contributed by atoms with Gasteiger partial charge < -0.3 is 30.9 Å². The van der Waals surface area contributed by atoms with E-state index in [4.69, 9.17) is 15.3 Å². The third-order valence-corrected chi connectivity index (χ3v) is 7.23. The van der Waals surface area contributed by atoms with Crippen LogP contribution in [0.15, 0.2) is 79.3 Å². The zero-order valence-corrected chi connectivity index (χ0v) is 25.6. The fraction of sp³-hybridized carbons (Fsp3) is 0.273. The molecule has 1 unspecified atom stereocenters. The zero-order valence-electron chi connectivity index (χ0n) is 25.6. The Kier molecular flexibility index (Phi) is 11.8. The van der Waals surface area contributed by atoms with Gasteiger partial charge in [-0.25, -0.2) is 14.8 Å². The van der Waals surface area contributed by atoms with Crippen molar-refractivity contribution in [1.29, 1.82) is 0 Å². The van der Waals surface area contributed by atoms with Crippen LogP contribution < -0.4 is 10.6 Å². The molecule has 46 heavy (non-hydrogen) atoms. The van der Waals surface area contributed by atoms with Crippen molar-refractivity contribution < 1.29 is 29.7 Å². The first kappa shape index (κ1) is 33.6. The van der Waals surface area contributed by atoms with Gasteiger partial charge in [0.05, 0.1) is 12.1 Å². The smallest absolute Gasteiger partial charge is 0.333 e. The van der Waals surface area contributed by atoms with Gasteiger partial charge in [-0.15, -0.1) is 0 Å². The van der Waals surface area contributed by atoms with Crippen LogP contribution in [0.5, 0.6) is 0 Å². The van der Waals surface area contributed by atoms with Gasteiger partial charge in [0.15, 0.2) is 6.10 Å². The molecule has 0 aliphatic carbocycles. The maximum atomic E-state index is 12.9. The summed E-state index contributed by atoms with van der Waals surface area (Å²) in [6.45, 7) is 7.24. The second kappa shape index (κ2) is 16.2. The normalized spacial score (nSPS) is 14.0. The molecule has 4 aromatic rings. The van der Waals surface area contributed by atoms with Crippen molar-refractivity contribution in [2.24, 2.45) is 0 Å². The minimum absolute atomic E-state index is 0.143. The molecular formula is C33H37N7O6. The van der Waals surface area contributed by atoms with Gasteiger partial charge in [0.2, 0.25) is 5.95 Å². The number of piperazine rings is 1. The number of aromatic nitrogens is 3. The predicted octanol–water partition coefficient (Wildman–Crippen LogP) is 3.50. The molecule has 0 radical (unpaired) electrons. The van der Waals surface area contributed by atoms with E-state index in [1.165, 1.54) is 5.56 Å². The van der Waals surface area contributed by atoms with E-state index in [1.807, 2.05) is 67.6 Å². The summed E-state index contributed by atoms with van der Waals surface area (Å²) in [5.74, 6) is -2.51. The molecule has 5 rings (SSSR count). The van der Waals surface area contributed by atoms with Gasteiger partial charge in [0.1, 0.15) is 0 Å². The van der Waals surface area contributed by atoms with Crippen LogP contribution in [-0.4, -0.2) is 97.2 Å². The van der Waals surface area contributed by atoms with Crippen LogP contribution in [0.25, 0.3) is 11.3 Å². The highest BCUT2D eigenvalue weighted by Gasteiger charge is 2.16. The van der Waals surface area contributed by atoms with Gasteiger partial charge in [0.25, 0.3) is 5.91 Å². The Morgan fingerprint density at radius 3 is 2.33 bits per heavy atom. The van der Waals surface area contributed by atoms with Gasteiger partial charge in [-0.1, -0.05) is 18.2 Å². The predicted molar refractivity (Wildman–Crippen MR) is 173 cm³/mol. The van der Waals surface area contributed by atoms with E-state index in [0.29, 0.717) is 17.2 Å². The van der Waals surface area contributed by atoms with Crippen LogP contribution >= 0.6 is 0 Å². The van der Waals surface area contributed by atoms with Crippen LogP contribution in [0, 0.1) is 6.92 Å². The number of anilines is 3. The number of aliphatic hydroxyl groups excluding tert-OH is 1. The fourth-order valence-electron chi connectivity index (χ4n) is 4.53. The fourth-order valence-corrected chi connectivity index (χ4v) is 4.53. The van der Waals surface area contributed by atoms with Gasteiger partial charge in [-0.2, -0.15) is 0 Å². The van der Waals surface area contributed by atoms with E-state index in [1.54, 1.807) is 18.6 Å². The first-order chi connectivity index (χ1) is 22.1. The molecule has 5 N–H and O–H groups in total. The number of carboxylic acid groups (broad SMARTS) is 2. The molecule has 1 saturated heterocycles. The molecule has 1 amide bonds. The van der Waals surface area contributed by atoms with Crippen molar-refractivity contribution in [3.8, 4) is 11.3 Å². The topological polar surface area (TPSA) is 181 Å². The number of carboxylic acids is 2. The summed E-state index contributed by atoms with van der Waals surface area (Å²) in [5.41, 5.74) is 6.08. The number of aryl methyl sites for hydroxylation is 1. The number of aliphatic hydroxyl groups is 1. The lowest BCUT2D eigenvalue weighted by Crippen LogP contribution is -2.43. The average Bonchev–Trinajstić information content (AvgIpc) is 3.04. The molecular weight excluding hydrogens is 590 g/mol. The molecule has 1 aliphatic rings. The van der Waals surface area contributed by atoms with E-state index in [9.17, 15) is 14.4 Å². The SMILES string of the molecule is Cc1ccc(NC(=O)c2ccc(CN3CCN(C)CC3)cc2)cc1Nc1nccc(-c2cccnc2)n1.O=C(O)CC(O)C(=O)O. The molecule has 13 heteroatoms. The molecule has 2 aromatic heterocycles. The van der Waals surface area contributed by atoms with Gasteiger partial charge in [-0.05, 0) is 67.6 Å². The lowest BCUT2D eigenvalue weighted by molar-refractivity contribution is -0.152. The lowest BCUT2D eigenvalue weighted by atomic mass is 10.1. The first-order valence-corrected chi connectivity index (χ1v) is 14.6. The summed E-state index contributed by atoms with van der Waals surface area (Å²) in [6.07, 6.45) is 2.67. The Hall–Kier alpha value is -5.24. The number of likely N-dealkylation sites (N-methyl/N-ethyl adjacent to an activating group) is 1. The summed E-state index contributed by atoms with van der Waals surface area (Å²) >= 11 is 0. The number of amides is 1. The van der Waals surface area contributed by atoms with Crippen LogP contribution in [0.1, 0.15) is 27.9 Å². The Labute approximate surface area is 266 Å². The van der Waals surface area contributed by atoms with Crippen LogP contribution in [0.4, 0.5) is 17.3 Å². The summed E-state index contributed by atoms with van der Waals surface area (Å²) in [7, 11) is 2.16. The average molecular weight is 628 g/mol. The van der Waals surface area contributed by atoms with E-state index < -0.39 is 24.5 Å². The Balaban J connectivity index is 0.000000468. The third kappa shape index (κ3) is 10.2. The standard InChI is InChI=1S/C29H31N7O.C4H6O5/c1-21-5-10-25(18-27(21)34-29-31-13-11-26(33-29)24-4-3-12-30-19-24)32-28(37)23-8-6-22(7-9-23)20-36-16-14-35(2)15-17-36;5-2(4(8)9)1-3(6)7/h3-13,18-19H,14-17,20H2,1-2H3,(H,32,37)(H,31,33,34);2,5H,1H2,(H,6,7)(H,8,9). The highest BCUT2D eigenvalue weighted by molar-refractivity contribution is 6.04. The highest BCUT2D eigenvalue weighted by atomic mass is 16.4. The van der Waals surface area contributed by atoms with Crippen molar-refractivity contribution in [3.63, 3.8) is 0 Å². The number of nitrogens with zero attached hydrogens (tertiary/aromatic N) is 5. The number of pyridine rings is 1. The number of rotatable bonds is 10. The van der Waals surface area contributed by atoms with Crippen LogP contribution in [0.3, 0.4) is 0 Å². The monoisotopic (exact) mass is 627 g/mol. The zero-order chi connectivity index (χ0) is 33.1. The van der Waals surface area contributed by atoms with E-state index in [-0.39, 0.29) is 5.91 Å². The maximum absolute atomic E-state index is 12.9. The maximum Gasteiger partial charge on any atom is 0.333 e. The Morgan fingerprint density at radius 1 is 0.957 bits per heavy atom. The minimum atomic E-state index is -1.79. The third-order valence-electron chi connectivity index (χ3n) is 7.23. The van der Waals surface area contributed by atoms with Gasteiger partial charge in [-0.3, -0.25) is 19.5 Å². The summed E-state index contributed by atoms with van der Waals surface area (Å²) in [4.78, 5) is 50.3. The van der Waals surface area contributed by atoms with E-state index >= 15 is 0 Å². The van der Waals surface area contributed by atoms with Crippen molar-refractivity contribution in [2.45, 2.75) is 26.0 Å². The highest BCUT2D eigenvalue weighted by Crippen LogP contribution is 2.25. The van der Waals surface area contributed by atoms with Crippen molar-refractivity contribution >= 4 is 35.2 Å². The second-order valence-corrected chi connectivity index (χ2v) is 10.8. The van der Waals surface area contributed by atoms with Crippen molar-refractivity contribution in [2.75, 3.05) is 43.9 Å². The number of benzene rings is 2. The molecule has 1 fully saturated rings. The van der Waals surface area contributed by atoms with Gasteiger partial charge >= 0.3 is 11.9 Å². The molecule has 0 saturated carbocycles. The molecule has 240 valence electrons. The largest absolute Gasteiger partial charge is 0.481 e. The van der Waals surface area contributed by atoms with E-state index in [2.05, 4.69) is 42.4 Å². The molecule has 1 aliphatic heterocycles. The molecule has 1 atom stereocenters. The molecule has 3 heterocycles. The first-order valence-electron chi connectivity index (χ1n) is 14.6. The van der Waals surface area contributed by atoms with Crippen LogP contribution in [-0.2, 0) is 16.1 Å². The van der Waals surface area contributed by atoms with E-state index in [0.717, 1.165) is 55.2 Å². The number of hydrogen-bond donors (Lipinski definition) is 5. The lowest BCUT2D eigenvalue weighted by Gasteiger charge is -2.32. The number of carbonyl (C=O) groups excluding carboxylic acids is 1. The van der Waals surface area contributed by atoms with Crippen molar-refractivity contribution in [3.05, 3.63) is 95.9 Å². The molecule has 2 aromatic carbocycles.